The molecule has 1 rings (SSSR count). The Bertz CT molecular complexity index is 335. The van der Waals surface area contributed by atoms with Crippen LogP contribution in [0.4, 0.5) is 0 Å². The number of hydrogen-bond acceptors (Lipinski definition) is 4. The van der Waals surface area contributed by atoms with Crippen molar-refractivity contribution in [1.29, 1.82) is 0 Å². The Hall–Kier alpha value is -0.450. The van der Waals surface area contributed by atoms with Gasteiger partial charge in [0.1, 0.15) is 5.01 Å². The van der Waals surface area contributed by atoms with E-state index in [0.717, 1.165) is 11.4 Å². The van der Waals surface area contributed by atoms with E-state index in [1.165, 1.54) is 0 Å². The first-order valence-electron chi connectivity index (χ1n) is 6.02. The third-order valence-corrected chi connectivity index (χ3v) is 3.88. The number of hydrogen-bond donors (Lipinski definition) is 1. The molecule has 17 heavy (non-hydrogen) atoms. The standard InChI is InChI=1S/C13H24N2OS/c1-10(2)15-13(5,9-12(3,4)16-6)11-14-7-8-17-11/h7-8,10,15H,9H2,1-6H3. The molecule has 1 N–H and O–H groups in total. The van der Waals surface area contributed by atoms with Gasteiger partial charge in [-0.1, -0.05) is 0 Å². The molecule has 0 spiro atoms. The summed E-state index contributed by atoms with van der Waals surface area (Å²) in [5, 5.41) is 6.76. The zero-order valence-corrected chi connectivity index (χ0v) is 12.5. The first kappa shape index (κ1) is 14.6. The van der Waals surface area contributed by atoms with E-state index >= 15 is 0 Å². The second-order valence-electron chi connectivity index (χ2n) is 5.61. The van der Waals surface area contributed by atoms with Crippen LogP contribution >= 0.6 is 11.3 Å². The fourth-order valence-electron chi connectivity index (χ4n) is 2.25. The van der Waals surface area contributed by atoms with Gasteiger partial charge in [0.05, 0.1) is 11.1 Å². The van der Waals surface area contributed by atoms with E-state index in [9.17, 15) is 0 Å². The normalized spacial score (nSPS) is 16.2. The van der Waals surface area contributed by atoms with E-state index in [4.69, 9.17) is 4.74 Å². The lowest BCUT2D eigenvalue weighted by atomic mass is 9.87. The molecule has 0 bridgehead atoms. The molecular weight excluding hydrogens is 232 g/mol. The summed E-state index contributed by atoms with van der Waals surface area (Å²) in [6.45, 7) is 10.7. The highest BCUT2D eigenvalue weighted by molar-refractivity contribution is 7.09. The quantitative estimate of drug-likeness (QED) is 0.849. The van der Waals surface area contributed by atoms with E-state index in [2.05, 4.69) is 44.9 Å². The van der Waals surface area contributed by atoms with Crippen LogP contribution in [0.2, 0.25) is 0 Å². The molecule has 0 aromatic carbocycles. The van der Waals surface area contributed by atoms with Crippen LogP contribution in [-0.4, -0.2) is 23.7 Å². The smallest absolute Gasteiger partial charge is 0.112 e. The number of nitrogens with zero attached hydrogens (tertiary/aromatic N) is 1. The fourth-order valence-corrected chi connectivity index (χ4v) is 3.01. The van der Waals surface area contributed by atoms with Gasteiger partial charge in [0.25, 0.3) is 0 Å². The number of nitrogens with one attached hydrogen (secondary N) is 1. The maximum atomic E-state index is 5.55. The number of aromatic nitrogens is 1. The lowest BCUT2D eigenvalue weighted by Gasteiger charge is -2.37. The molecule has 0 fully saturated rings. The third-order valence-electron chi connectivity index (χ3n) is 2.84. The summed E-state index contributed by atoms with van der Waals surface area (Å²) in [6, 6.07) is 0.413. The maximum absolute atomic E-state index is 5.55. The Balaban J connectivity index is 2.95. The minimum Gasteiger partial charge on any atom is -0.379 e. The van der Waals surface area contributed by atoms with Gasteiger partial charge in [0, 0.05) is 31.1 Å². The monoisotopic (exact) mass is 256 g/mol. The molecule has 1 unspecified atom stereocenters. The number of rotatable bonds is 6. The van der Waals surface area contributed by atoms with Crippen LogP contribution < -0.4 is 5.32 Å². The number of methoxy groups -OCH3 is 1. The van der Waals surface area contributed by atoms with Crippen molar-refractivity contribution in [3.63, 3.8) is 0 Å². The molecule has 0 aliphatic heterocycles. The Morgan fingerprint density at radius 3 is 2.47 bits per heavy atom. The Morgan fingerprint density at radius 1 is 1.41 bits per heavy atom. The highest BCUT2D eigenvalue weighted by atomic mass is 32.1. The van der Waals surface area contributed by atoms with Crippen LogP contribution in [0.15, 0.2) is 11.6 Å². The minimum atomic E-state index is -0.164. The van der Waals surface area contributed by atoms with Gasteiger partial charge < -0.3 is 10.1 Å². The van der Waals surface area contributed by atoms with Gasteiger partial charge in [-0.05, 0) is 34.6 Å². The molecule has 3 nitrogen and oxygen atoms in total. The third kappa shape index (κ3) is 4.05. The molecule has 1 aromatic heterocycles. The molecule has 1 atom stereocenters. The predicted octanol–water partition coefficient (Wildman–Crippen LogP) is 3.17. The Morgan fingerprint density at radius 2 is 2.06 bits per heavy atom. The zero-order valence-electron chi connectivity index (χ0n) is 11.7. The molecule has 0 saturated carbocycles. The van der Waals surface area contributed by atoms with Gasteiger partial charge in [-0.2, -0.15) is 0 Å². The van der Waals surface area contributed by atoms with Crippen molar-refractivity contribution in [2.75, 3.05) is 7.11 Å². The summed E-state index contributed by atoms with van der Waals surface area (Å²) in [5.74, 6) is 0. The summed E-state index contributed by atoms with van der Waals surface area (Å²) in [6.07, 6.45) is 2.75. The lowest BCUT2D eigenvalue weighted by molar-refractivity contribution is -0.00853. The van der Waals surface area contributed by atoms with Gasteiger partial charge in [0.2, 0.25) is 0 Å². The Labute approximate surface area is 109 Å². The zero-order chi connectivity index (χ0) is 13.1. The van der Waals surface area contributed by atoms with Gasteiger partial charge in [-0.25, -0.2) is 4.98 Å². The van der Waals surface area contributed by atoms with Crippen molar-refractivity contribution < 1.29 is 4.74 Å². The molecule has 4 heteroatoms. The average molecular weight is 256 g/mol. The van der Waals surface area contributed by atoms with Crippen LogP contribution in [-0.2, 0) is 10.3 Å². The van der Waals surface area contributed by atoms with Crippen molar-refractivity contribution in [3.05, 3.63) is 16.6 Å². The molecular formula is C13H24N2OS. The first-order valence-corrected chi connectivity index (χ1v) is 6.90. The van der Waals surface area contributed by atoms with E-state index in [0.29, 0.717) is 6.04 Å². The van der Waals surface area contributed by atoms with E-state index < -0.39 is 0 Å². The summed E-state index contributed by atoms with van der Waals surface area (Å²) in [4.78, 5) is 4.46. The lowest BCUT2D eigenvalue weighted by Crippen LogP contribution is -2.48. The number of ether oxygens (including phenoxy) is 1. The minimum absolute atomic E-state index is 0.137. The van der Waals surface area contributed by atoms with Crippen LogP contribution in [0.25, 0.3) is 0 Å². The molecule has 0 amide bonds. The van der Waals surface area contributed by atoms with E-state index in [1.807, 2.05) is 11.6 Å². The van der Waals surface area contributed by atoms with Crippen molar-refractivity contribution in [2.24, 2.45) is 0 Å². The highest BCUT2D eigenvalue weighted by Crippen LogP contribution is 2.33. The van der Waals surface area contributed by atoms with Crippen molar-refractivity contribution in [3.8, 4) is 0 Å². The maximum Gasteiger partial charge on any atom is 0.112 e. The van der Waals surface area contributed by atoms with Gasteiger partial charge in [-0.15, -0.1) is 11.3 Å². The van der Waals surface area contributed by atoms with E-state index in [-0.39, 0.29) is 11.1 Å². The molecule has 0 aliphatic carbocycles. The summed E-state index contributed by atoms with van der Waals surface area (Å²) in [5.41, 5.74) is -0.301. The average Bonchev–Trinajstić information content (AvgIpc) is 2.68. The largest absolute Gasteiger partial charge is 0.379 e. The Kier molecular flexibility index (Phi) is 4.69. The molecule has 0 aliphatic rings. The van der Waals surface area contributed by atoms with E-state index in [1.54, 1.807) is 18.4 Å². The summed E-state index contributed by atoms with van der Waals surface area (Å²) in [7, 11) is 1.76. The topological polar surface area (TPSA) is 34.1 Å². The molecule has 0 saturated heterocycles. The van der Waals surface area contributed by atoms with Crippen LogP contribution in [0.3, 0.4) is 0 Å². The van der Waals surface area contributed by atoms with Crippen molar-refractivity contribution in [2.45, 2.75) is 58.2 Å². The van der Waals surface area contributed by atoms with Crippen LogP contribution in [0.5, 0.6) is 0 Å². The van der Waals surface area contributed by atoms with Crippen molar-refractivity contribution in [1.82, 2.24) is 10.3 Å². The van der Waals surface area contributed by atoms with Crippen LogP contribution in [0.1, 0.15) is 46.0 Å². The molecule has 1 aromatic rings. The summed E-state index contributed by atoms with van der Waals surface area (Å²) < 4.78 is 5.55. The van der Waals surface area contributed by atoms with Crippen LogP contribution in [0, 0.1) is 0 Å². The SMILES string of the molecule is COC(C)(C)CC(C)(NC(C)C)c1nccs1. The van der Waals surface area contributed by atoms with Gasteiger partial charge in [0.15, 0.2) is 0 Å². The van der Waals surface area contributed by atoms with Crippen molar-refractivity contribution >= 4 is 11.3 Å². The van der Waals surface area contributed by atoms with Gasteiger partial charge >= 0.3 is 0 Å². The second-order valence-corrected chi connectivity index (χ2v) is 6.50. The van der Waals surface area contributed by atoms with Gasteiger partial charge in [-0.3, -0.25) is 0 Å². The molecule has 0 radical (unpaired) electrons. The molecule has 98 valence electrons. The predicted molar refractivity (Wildman–Crippen MR) is 73.4 cm³/mol. The first-order chi connectivity index (χ1) is 7.79. The summed E-state index contributed by atoms with van der Waals surface area (Å²) >= 11 is 1.69. The number of thiazole rings is 1. The molecule has 1 heterocycles. The second kappa shape index (κ2) is 5.46. The fraction of sp³-hybridized carbons (Fsp3) is 0.769. The highest BCUT2D eigenvalue weighted by Gasteiger charge is 2.36.